The van der Waals surface area contributed by atoms with Crippen molar-refractivity contribution in [2.75, 3.05) is 25.5 Å². The van der Waals surface area contributed by atoms with E-state index < -0.39 is 11.8 Å². The predicted molar refractivity (Wildman–Crippen MR) is 107 cm³/mol. The molecule has 0 unspecified atom stereocenters. The van der Waals surface area contributed by atoms with Gasteiger partial charge in [0.15, 0.2) is 6.61 Å². The van der Waals surface area contributed by atoms with Crippen LogP contribution in [0.15, 0.2) is 36.4 Å². The van der Waals surface area contributed by atoms with Gasteiger partial charge in [0.25, 0.3) is 11.8 Å². The number of para-hydroxylation sites is 1. The number of nitrogens with one attached hydrogen (secondary N) is 1. The minimum atomic E-state index is -0.639. The van der Waals surface area contributed by atoms with E-state index in [2.05, 4.69) is 5.32 Å². The summed E-state index contributed by atoms with van der Waals surface area (Å²) in [6.07, 6.45) is 0. The van der Waals surface area contributed by atoms with Gasteiger partial charge in [-0.3, -0.25) is 14.4 Å². The van der Waals surface area contributed by atoms with Crippen molar-refractivity contribution in [3.05, 3.63) is 58.7 Å². The Morgan fingerprint density at radius 1 is 1.07 bits per heavy atom. The number of nitrogens with two attached hydrogens (primary N) is 1. The number of amides is 3. The highest BCUT2D eigenvalue weighted by Crippen LogP contribution is 2.22. The third kappa shape index (κ3) is 5.33. The third-order valence-corrected chi connectivity index (χ3v) is 4.25. The average Bonchev–Trinajstić information content (AvgIpc) is 2.62. The summed E-state index contributed by atoms with van der Waals surface area (Å²) in [5.74, 6) is -1.11. The first-order valence-corrected chi connectivity index (χ1v) is 8.82. The van der Waals surface area contributed by atoms with E-state index >= 15 is 0 Å². The van der Waals surface area contributed by atoms with Crippen molar-refractivity contribution in [3.8, 4) is 5.75 Å². The van der Waals surface area contributed by atoms with Gasteiger partial charge in [-0.25, -0.2) is 0 Å². The zero-order valence-electron chi connectivity index (χ0n) is 16.5. The second-order valence-electron chi connectivity index (χ2n) is 6.72. The molecule has 0 heterocycles. The lowest BCUT2D eigenvalue weighted by atomic mass is 10.1. The van der Waals surface area contributed by atoms with Gasteiger partial charge in [-0.2, -0.15) is 0 Å². The van der Waals surface area contributed by atoms with Crippen molar-refractivity contribution in [3.63, 3.8) is 0 Å². The summed E-state index contributed by atoms with van der Waals surface area (Å²) in [5, 5.41) is 2.85. The van der Waals surface area contributed by atoms with Crippen LogP contribution in [0.2, 0.25) is 0 Å². The first kappa shape index (κ1) is 21.0. The highest BCUT2D eigenvalue weighted by Gasteiger charge is 2.16. The fourth-order valence-electron chi connectivity index (χ4n) is 2.91. The predicted octanol–water partition coefficient (Wildman–Crippen LogP) is 2.19. The number of likely N-dealkylation sites (N-methyl/N-ethyl adjacent to an activating group) is 1. The number of anilines is 1. The van der Waals surface area contributed by atoms with E-state index in [0.717, 1.165) is 22.4 Å². The van der Waals surface area contributed by atoms with Crippen molar-refractivity contribution in [2.45, 2.75) is 20.8 Å². The summed E-state index contributed by atoms with van der Waals surface area (Å²) in [7, 11) is 1.51. The summed E-state index contributed by atoms with van der Waals surface area (Å²) in [4.78, 5) is 37.3. The van der Waals surface area contributed by atoms with Crippen LogP contribution in [0.4, 0.5) is 5.69 Å². The van der Waals surface area contributed by atoms with Gasteiger partial charge in [-0.15, -0.1) is 0 Å². The maximum absolute atomic E-state index is 12.3. The molecule has 7 heteroatoms. The molecule has 0 bridgehead atoms. The molecular weight excluding hydrogens is 358 g/mol. The summed E-state index contributed by atoms with van der Waals surface area (Å²) < 4.78 is 5.41. The van der Waals surface area contributed by atoms with Crippen LogP contribution in [-0.2, 0) is 9.59 Å². The molecule has 0 spiro atoms. The molecule has 28 heavy (non-hydrogen) atoms. The van der Waals surface area contributed by atoms with Gasteiger partial charge in [0.1, 0.15) is 5.75 Å². The quantitative estimate of drug-likeness (QED) is 0.765. The molecule has 0 aliphatic rings. The Bertz CT molecular complexity index is 885. The Balaban J connectivity index is 1.94. The molecule has 3 N–H and O–H groups in total. The van der Waals surface area contributed by atoms with E-state index in [-0.39, 0.29) is 30.4 Å². The molecule has 0 fully saturated rings. The largest absolute Gasteiger partial charge is 0.483 e. The summed E-state index contributed by atoms with van der Waals surface area (Å²) in [6, 6.07) is 10.4. The zero-order valence-corrected chi connectivity index (χ0v) is 16.5. The molecule has 0 saturated carbocycles. The van der Waals surface area contributed by atoms with Crippen LogP contribution >= 0.6 is 0 Å². The first-order valence-electron chi connectivity index (χ1n) is 8.82. The lowest BCUT2D eigenvalue weighted by Crippen LogP contribution is -2.38. The summed E-state index contributed by atoms with van der Waals surface area (Å²) in [5.41, 5.74) is 9.28. The molecule has 0 atom stereocenters. The van der Waals surface area contributed by atoms with Gasteiger partial charge in [0.2, 0.25) is 5.91 Å². The molecule has 7 nitrogen and oxygen atoms in total. The Labute approximate surface area is 164 Å². The van der Waals surface area contributed by atoms with Gasteiger partial charge in [0.05, 0.1) is 12.1 Å². The van der Waals surface area contributed by atoms with Crippen molar-refractivity contribution in [1.82, 2.24) is 4.90 Å². The monoisotopic (exact) mass is 383 g/mol. The van der Waals surface area contributed by atoms with E-state index in [9.17, 15) is 14.4 Å². The number of ether oxygens (including phenoxy) is 1. The van der Waals surface area contributed by atoms with Crippen molar-refractivity contribution < 1.29 is 19.1 Å². The maximum Gasteiger partial charge on any atom is 0.260 e. The fraction of sp³-hybridized carbons (Fsp3) is 0.286. The van der Waals surface area contributed by atoms with Crippen molar-refractivity contribution in [1.29, 1.82) is 0 Å². The molecule has 148 valence electrons. The highest BCUT2D eigenvalue weighted by atomic mass is 16.5. The zero-order chi connectivity index (χ0) is 20.8. The third-order valence-electron chi connectivity index (χ3n) is 4.25. The number of rotatable bonds is 7. The van der Waals surface area contributed by atoms with Crippen LogP contribution < -0.4 is 15.8 Å². The molecule has 0 aliphatic carbocycles. The van der Waals surface area contributed by atoms with Crippen LogP contribution in [0.3, 0.4) is 0 Å². The number of hydrogen-bond donors (Lipinski definition) is 2. The molecule has 0 aromatic heterocycles. The number of hydrogen-bond acceptors (Lipinski definition) is 4. The average molecular weight is 383 g/mol. The molecular formula is C21H25N3O4. The second kappa shape index (κ2) is 9.03. The maximum atomic E-state index is 12.3. The summed E-state index contributed by atoms with van der Waals surface area (Å²) in [6.45, 7) is 5.42. The van der Waals surface area contributed by atoms with Crippen LogP contribution in [0.1, 0.15) is 27.0 Å². The normalized spacial score (nSPS) is 10.3. The van der Waals surface area contributed by atoms with Gasteiger partial charge in [0, 0.05) is 12.7 Å². The molecule has 2 aromatic carbocycles. The lowest BCUT2D eigenvalue weighted by molar-refractivity contribution is -0.135. The Morgan fingerprint density at radius 3 is 2.29 bits per heavy atom. The molecule has 0 radical (unpaired) electrons. The summed E-state index contributed by atoms with van der Waals surface area (Å²) >= 11 is 0. The smallest absolute Gasteiger partial charge is 0.260 e. The molecule has 0 saturated heterocycles. The Morgan fingerprint density at radius 2 is 1.68 bits per heavy atom. The van der Waals surface area contributed by atoms with E-state index in [1.807, 2.05) is 32.9 Å². The van der Waals surface area contributed by atoms with E-state index in [0.29, 0.717) is 0 Å². The van der Waals surface area contributed by atoms with Crippen LogP contribution in [0.25, 0.3) is 0 Å². The second-order valence-corrected chi connectivity index (χ2v) is 6.72. The SMILES string of the molecule is Cc1cc(C)c(NC(=O)CN(C)C(=O)COc2ccccc2C(N)=O)c(C)c1. The lowest BCUT2D eigenvalue weighted by Gasteiger charge is -2.19. The highest BCUT2D eigenvalue weighted by molar-refractivity contribution is 5.96. The van der Waals surface area contributed by atoms with Gasteiger partial charge in [-0.05, 0) is 44.0 Å². The first-order chi connectivity index (χ1) is 13.2. The van der Waals surface area contributed by atoms with Crippen LogP contribution in [0, 0.1) is 20.8 Å². The standard InChI is InChI=1S/C21H25N3O4/c1-13-9-14(2)20(15(3)10-13)23-18(25)11-24(4)19(26)12-28-17-8-6-5-7-16(17)21(22)27/h5-10H,11-12H2,1-4H3,(H2,22,27)(H,23,25). The van der Waals surface area contributed by atoms with Crippen molar-refractivity contribution >= 4 is 23.4 Å². The van der Waals surface area contributed by atoms with Gasteiger partial charge >= 0.3 is 0 Å². The Kier molecular flexibility index (Phi) is 6.76. The number of nitrogens with zero attached hydrogens (tertiary/aromatic N) is 1. The molecule has 2 aromatic rings. The van der Waals surface area contributed by atoms with Crippen LogP contribution in [-0.4, -0.2) is 42.8 Å². The molecule has 3 amide bonds. The number of carbonyl (C=O) groups excluding carboxylic acids is 3. The number of benzene rings is 2. The van der Waals surface area contributed by atoms with Gasteiger partial charge < -0.3 is 20.7 Å². The van der Waals surface area contributed by atoms with Gasteiger partial charge in [-0.1, -0.05) is 29.8 Å². The topological polar surface area (TPSA) is 102 Å². The minimum Gasteiger partial charge on any atom is -0.483 e. The minimum absolute atomic E-state index is 0.119. The number of carbonyl (C=O) groups is 3. The number of aryl methyl sites for hydroxylation is 3. The fourth-order valence-corrected chi connectivity index (χ4v) is 2.91. The van der Waals surface area contributed by atoms with Crippen molar-refractivity contribution in [2.24, 2.45) is 5.73 Å². The van der Waals surface area contributed by atoms with E-state index in [1.54, 1.807) is 18.2 Å². The molecule has 0 aliphatic heterocycles. The Hall–Kier alpha value is -3.35. The van der Waals surface area contributed by atoms with E-state index in [4.69, 9.17) is 10.5 Å². The molecule has 2 rings (SSSR count). The van der Waals surface area contributed by atoms with E-state index in [1.165, 1.54) is 18.0 Å². The van der Waals surface area contributed by atoms with Crippen LogP contribution in [0.5, 0.6) is 5.75 Å². The number of primary amides is 1.